The van der Waals surface area contributed by atoms with Crippen molar-refractivity contribution in [1.29, 1.82) is 0 Å². The molecule has 69 heavy (non-hydrogen) atoms. The molecule has 0 aliphatic rings. The number of hydrogen-bond donors (Lipinski definition) is 3. The van der Waals surface area contributed by atoms with E-state index >= 15 is 0 Å². The molecule has 1 amide bonds. The molecule has 0 saturated carbocycles. The standard InChI is InChI=1S/C63H125NO5/c1-3-5-7-9-11-13-15-16-29-32-36-39-43-47-51-55-61(66)60(59-65)64-62(67)56-52-48-44-40-37-33-30-27-25-23-21-19-17-18-20-22-24-26-28-31-34-38-42-46-50-54-58-69-63(68)57-53-49-45-41-35-14-12-10-8-6-4-2/h60-61,65-66H,3-59H2,1-2H3,(H,64,67). The second kappa shape index (κ2) is 59.4. The first-order valence-corrected chi connectivity index (χ1v) is 31.8. The average molecular weight is 977 g/mol. The first-order valence-electron chi connectivity index (χ1n) is 31.8. The highest BCUT2D eigenvalue weighted by atomic mass is 16.5. The zero-order chi connectivity index (χ0) is 50.0. The Hall–Kier alpha value is -1.14. The lowest BCUT2D eigenvalue weighted by Crippen LogP contribution is -2.45. The molecule has 0 fully saturated rings. The summed E-state index contributed by atoms with van der Waals surface area (Å²) < 4.78 is 5.47. The lowest BCUT2D eigenvalue weighted by Gasteiger charge is -2.22. The van der Waals surface area contributed by atoms with E-state index < -0.39 is 12.1 Å². The normalized spacial score (nSPS) is 12.5. The summed E-state index contributed by atoms with van der Waals surface area (Å²) in [6, 6.07) is -0.538. The van der Waals surface area contributed by atoms with Gasteiger partial charge in [-0.05, 0) is 25.7 Å². The molecule has 3 N–H and O–H groups in total. The highest BCUT2D eigenvalue weighted by Crippen LogP contribution is 2.19. The van der Waals surface area contributed by atoms with Crippen molar-refractivity contribution in [3.05, 3.63) is 0 Å². The third-order valence-corrected chi connectivity index (χ3v) is 15.2. The van der Waals surface area contributed by atoms with Crippen molar-refractivity contribution in [2.24, 2.45) is 0 Å². The van der Waals surface area contributed by atoms with Crippen molar-refractivity contribution >= 4 is 11.9 Å². The highest BCUT2D eigenvalue weighted by Gasteiger charge is 2.20. The molecule has 0 saturated heterocycles. The maximum absolute atomic E-state index is 12.5. The van der Waals surface area contributed by atoms with E-state index in [1.807, 2.05) is 0 Å². The van der Waals surface area contributed by atoms with E-state index in [1.54, 1.807) is 0 Å². The van der Waals surface area contributed by atoms with Crippen LogP contribution in [0.15, 0.2) is 0 Å². The summed E-state index contributed by atoms with van der Waals surface area (Å²) in [5, 5.41) is 23.3. The third kappa shape index (κ3) is 56.0. The number of aliphatic hydroxyl groups excluding tert-OH is 2. The maximum Gasteiger partial charge on any atom is 0.305 e. The molecule has 0 aliphatic heterocycles. The number of carbonyl (C=O) groups is 2. The molecule has 0 bridgehead atoms. The minimum atomic E-state index is -0.661. The number of amides is 1. The minimum absolute atomic E-state index is 0.0179. The molecule has 412 valence electrons. The minimum Gasteiger partial charge on any atom is -0.466 e. The van der Waals surface area contributed by atoms with Crippen molar-refractivity contribution in [1.82, 2.24) is 5.32 Å². The average Bonchev–Trinajstić information content (AvgIpc) is 3.35. The number of nitrogens with one attached hydrogen (secondary N) is 1. The van der Waals surface area contributed by atoms with Crippen LogP contribution in [-0.2, 0) is 14.3 Å². The number of aliphatic hydroxyl groups is 2. The van der Waals surface area contributed by atoms with Crippen molar-refractivity contribution in [2.75, 3.05) is 13.2 Å². The topological polar surface area (TPSA) is 95.9 Å². The van der Waals surface area contributed by atoms with Crippen LogP contribution >= 0.6 is 0 Å². The van der Waals surface area contributed by atoms with Crippen molar-refractivity contribution < 1.29 is 24.5 Å². The molecule has 2 unspecified atom stereocenters. The zero-order valence-corrected chi connectivity index (χ0v) is 47.1. The molecule has 6 heteroatoms. The second-order valence-electron chi connectivity index (χ2n) is 22.1. The van der Waals surface area contributed by atoms with Gasteiger partial charge in [0.2, 0.25) is 5.91 Å². The van der Waals surface area contributed by atoms with Gasteiger partial charge in [-0.3, -0.25) is 9.59 Å². The summed E-state index contributed by atoms with van der Waals surface area (Å²) in [5.74, 6) is -0.0116. The van der Waals surface area contributed by atoms with Crippen molar-refractivity contribution in [3.8, 4) is 0 Å². The van der Waals surface area contributed by atoms with E-state index in [9.17, 15) is 19.8 Å². The van der Waals surface area contributed by atoms with Gasteiger partial charge in [-0.2, -0.15) is 0 Å². The fraction of sp³-hybridized carbons (Fsp3) is 0.968. The van der Waals surface area contributed by atoms with Gasteiger partial charge in [-0.15, -0.1) is 0 Å². The van der Waals surface area contributed by atoms with E-state index in [2.05, 4.69) is 19.2 Å². The predicted octanol–water partition coefficient (Wildman–Crippen LogP) is 19.9. The second-order valence-corrected chi connectivity index (χ2v) is 22.1. The fourth-order valence-corrected chi connectivity index (χ4v) is 10.3. The van der Waals surface area contributed by atoms with Gasteiger partial charge in [-0.25, -0.2) is 0 Å². The lowest BCUT2D eigenvalue weighted by molar-refractivity contribution is -0.143. The molecule has 0 heterocycles. The van der Waals surface area contributed by atoms with E-state index in [4.69, 9.17) is 4.74 Å². The Morgan fingerprint density at radius 2 is 0.594 bits per heavy atom. The Balaban J connectivity index is 3.34. The monoisotopic (exact) mass is 976 g/mol. The summed E-state index contributed by atoms with van der Waals surface area (Å²) in [6.45, 7) is 4.98. The van der Waals surface area contributed by atoms with E-state index in [-0.39, 0.29) is 18.5 Å². The summed E-state index contributed by atoms with van der Waals surface area (Å²) in [5.41, 5.74) is 0. The molecule has 6 nitrogen and oxygen atoms in total. The molecule has 0 rings (SSSR count). The molecule has 0 aromatic heterocycles. The molecule has 0 spiro atoms. The number of hydrogen-bond acceptors (Lipinski definition) is 5. The quantitative estimate of drug-likeness (QED) is 0.0417. The van der Waals surface area contributed by atoms with Crippen LogP contribution in [0.25, 0.3) is 0 Å². The van der Waals surface area contributed by atoms with Crippen molar-refractivity contribution in [3.63, 3.8) is 0 Å². The highest BCUT2D eigenvalue weighted by molar-refractivity contribution is 5.76. The Kier molecular flexibility index (Phi) is 58.4. The van der Waals surface area contributed by atoms with Gasteiger partial charge in [0.15, 0.2) is 0 Å². The van der Waals surface area contributed by atoms with Gasteiger partial charge in [0, 0.05) is 12.8 Å². The predicted molar refractivity (Wildman–Crippen MR) is 301 cm³/mol. The summed E-state index contributed by atoms with van der Waals surface area (Å²) in [6.07, 6.45) is 69.8. The van der Waals surface area contributed by atoms with Gasteiger partial charge >= 0.3 is 5.97 Å². The number of carbonyl (C=O) groups excluding carboxylic acids is 2. The van der Waals surface area contributed by atoms with Gasteiger partial charge in [0.1, 0.15) is 0 Å². The summed E-state index contributed by atoms with van der Waals surface area (Å²) >= 11 is 0. The van der Waals surface area contributed by atoms with E-state index in [1.165, 1.54) is 295 Å². The number of rotatable bonds is 60. The van der Waals surface area contributed by atoms with Crippen LogP contribution in [0.3, 0.4) is 0 Å². The number of unbranched alkanes of at least 4 members (excludes halogenated alkanes) is 49. The van der Waals surface area contributed by atoms with E-state index in [0.717, 1.165) is 38.5 Å². The fourth-order valence-electron chi connectivity index (χ4n) is 10.3. The Morgan fingerprint density at radius 3 is 0.884 bits per heavy atom. The molecular weight excluding hydrogens is 851 g/mol. The van der Waals surface area contributed by atoms with Gasteiger partial charge in [0.25, 0.3) is 0 Å². The Bertz CT molecular complexity index is 990. The van der Waals surface area contributed by atoms with Crippen LogP contribution in [0.1, 0.15) is 367 Å². The van der Waals surface area contributed by atoms with Crippen LogP contribution in [0, 0.1) is 0 Å². The molecular formula is C63H125NO5. The largest absolute Gasteiger partial charge is 0.466 e. The van der Waals surface area contributed by atoms with Gasteiger partial charge < -0.3 is 20.3 Å². The summed E-state index contributed by atoms with van der Waals surface area (Å²) in [7, 11) is 0. The van der Waals surface area contributed by atoms with Crippen LogP contribution < -0.4 is 5.32 Å². The SMILES string of the molecule is CCCCCCCCCCCCCCCCCC(O)C(CO)NC(=O)CCCCCCCCCCCCCCCCCCCCCCCCCCCCOC(=O)CCCCCCCCCCCCC. The first-order chi connectivity index (χ1) is 34.0. The molecule has 2 atom stereocenters. The number of ether oxygens (including phenoxy) is 1. The van der Waals surface area contributed by atoms with Crippen LogP contribution in [-0.4, -0.2) is 47.4 Å². The molecule has 0 aliphatic carbocycles. The lowest BCUT2D eigenvalue weighted by atomic mass is 10.0. The van der Waals surface area contributed by atoms with E-state index in [0.29, 0.717) is 25.9 Å². The van der Waals surface area contributed by atoms with Gasteiger partial charge in [0.05, 0.1) is 25.4 Å². The zero-order valence-electron chi connectivity index (χ0n) is 47.1. The van der Waals surface area contributed by atoms with Crippen LogP contribution in [0.5, 0.6) is 0 Å². The Labute approximate surface area is 432 Å². The maximum atomic E-state index is 12.5. The molecule has 0 aromatic rings. The van der Waals surface area contributed by atoms with Gasteiger partial charge in [-0.1, -0.05) is 328 Å². The number of esters is 1. The van der Waals surface area contributed by atoms with Crippen molar-refractivity contribution in [2.45, 2.75) is 379 Å². The molecule has 0 aromatic carbocycles. The summed E-state index contributed by atoms with van der Waals surface area (Å²) in [4.78, 5) is 24.5. The van der Waals surface area contributed by atoms with Crippen LogP contribution in [0.2, 0.25) is 0 Å². The van der Waals surface area contributed by atoms with Crippen LogP contribution in [0.4, 0.5) is 0 Å². The molecule has 0 radical (unpaired) electrons. The smallest absolute Gasteiger partial charge is 0.305 e. The third-order valence-electron chi connectivity index (χ3n) is 15.2. The Morgan fingerprint density at radius 1 is 0.348 bits per heavy atom. The first kappa shape index (κ1) is 67.9.